The van der Waals surface area contributed by atoms with Crippen molar-refractivity contribution in [2.45, 2.75) is 31.7 Å². The molecule has 2 aromatic carbocycles. The molecular formula is C26H34FN3O2. The number of nitriles is 1. The van der Waals surface area contributed by atoms with Gasteiger partial charge in [0.25, 0.3) is 0 Å². The Morgan fingerprint density at radius 2 is 1.84 bits per heavy atom. The molecule has 0 aliphatic carbocycles. The van der Waals surface area contributed by atoms with Crippen molar-refractivity contribution in [3.63, 3.8) is 0 Å². The van der Waals surface area contributed by atoms with Gasteiger partial charge in [-0.2, -0.15) is 5.26 Å². The van der Waals surface area contributed by atoms with Crippen molar-refractivity contribution in [3.8, 4) is 11.8 Å². The van der Waals surface area contributed by atoms with Crippen LogP contribution in [0.15, 0.2) is 54.6 Å². The molecule has 1 aliphatic heterocycles. The van der Waals surface area contributed by atoms with Crippen LogP contribution in [0.5, 0.6) is 5.75 Å². The first kappa shape index (κ1) is 24.2. The maximum atomic E-state index is 13.0. The van der Waals surface area contributed by atoms with Crippen LogP contribution in [0.3, 0.4) is 0 Å². The van der Waals surface area contributed by atoms with Crippen molar-refractivity contribution < 1.29 is 14.2 Å². The summed E-state index contributed by atoms with van der Waals surface area (Å²) in [7, 11) is 0. The second-order valence-corrected chi connectivity index (χ2v) is 8.83. The Labute approximate surface area is 191 Å². The zero-order chi connectivity index (χ0) is 23.0. The molecule has 0 bridgehead atoms. The molecule has 1 N–H and O–H groups in total. The number of nitrogens with zero attached hydrogens (tertiary/aromatic N) is 3. The fourth-order valence-corrected chi connectivity index (χ4v) is 4.53. The lowest BCUT2D eigenvalue weighted by Gasteiger charge is -2.42. The zero-order valence-corrected chi connectivity index (χ0v) is 19.1. The number of benzene rings is 2. The molecule has 1 saturated heterocycles. The molecule has 2 atom stereocenters. The minimum absolute atomic E-state index is 0.0350. The predicted molar refractivity (Wildman–Crippen MR) is 124 cm³/mol. The van der Waals surface area contributed by atoms with Crippen LogP contribution in [0.2, 0.25) is 0 Å². The Balaban J connectivity index is 1.54. The largest absolute Gasteiger partial charge is 0.492 e. The maximum absolute atomic E-state index is 13.0. The van der Waals surface area contributed by atoms with Crippen molar-refractivity contribution in [2.75, 3.05) is 45.9 Å². The molecule has 0 aromatic heterocycles. The number of aliphatic hydroxyl groups excluding tert-OH is 1. The summed E-state index contributed by atoms with van der Waals surface area (Å²) in [5.74, 6) is 0.570. The number of aliphatic hydroxyl groups is 1. The third-order valence-corrected chi connectivity index (χ3v) is 6.66. The van der Waals surface area contributed by atoms with Gasteiger partial charge in [-0.15, -0.1) is 0 Å². The van der Waals surface area contributed by atoms with E-state index in [1.54, 1.807) is 12.1 Å². The number of halogens is 1. The lowest BCUT2D eigenvalue weighted by molar-refractivity contribution is 0.0295. The van der Waals surface area contributed by atoms with Crippen molar-refractivity contribution in [3.05, 3.63) is 66.0 Å². The Hall–Kier alpha value is -2.46. The van der Waals surface area contributed by atoms with Gasteiger partial charge < -0.3 is 14.7 Å². The fraction of sp³-hybridized carbons (Fsp3) is 0.500. The number of ether oxygens (including phenoxy) is 1. The molecular weight excluding hydrogens is 405 g/mol. The van der Waals surface area contributed by atoms with E-state index in [-0.39, 0.29) is 24.4 Å². The standard InChI is InChI=1S/C26H34FN3O2/c1-21(2)26(20-28,22-6-4-3-5-7-22)12-13-29-14-15-30(24(18-29)19-31)16-17-32-25-10-8-23(27)9-11-25/h3-11,21,24,31H,12-19H2,1-2H3. The molecule has 0 spiro atoms. The molecule has 1 fully saturated rings. The summed E-state index contributed by atoms with van der Waals surface area (Å²) in [6.45, 7) is 8.82. The van der Waals surface area contributed by atoms with Crippen molar-refractivity contribution in [2.24, 2.45) is 5.92 Å². The van der Waals surface area contributed by atoms with Crippen LogP contribution in [-0.2, 0) is 5.41 Å². The van der Waals surface area contributed by atoms with E-state index >= 15 is 0 Å². The third-order valence-electron chi connectivity index (χ3n) is 6.66. The van der Waals surface area contributed by atoms with Crippen LogP contribution < -0.4 is 4.74 Å². The third kappa shape index (κ3) is 5.86. The zero-order valence-electron chi connectivity index (χ0n) is 19.1. The van der Waals surface area contributed by atoms with Crippen molar-refractivity contribution in [1.29, 1.82) is 5.26 Å². The lowest BCUT2D eigenvalue weighted by Crippen LogP contribution is -2.56. The van der Waals surface area contributed by atoms with Crippen LogP contribution in [0.1, 0.15) is 25.8 Å². The summed E-state index contributed by atoms with van der Waals surface area (Å²) in [6, 6.07) is 18.8. The highest BCUT2D eigenvalue weighted by molar-refractivity contribution is 5.33. The van der Waals surface area contributed by atoms with E-state index in [9.17, 15) is 14.8 Å². The van der Waals surface area contributed by atoms with Gasteiger partial charge in [0.2, 0.25) is 0 Å². The molecule has 6 heteroatoms. The smallest absolute Gasteiger partial charge is 0.123 e. The van der Waals surface area contributed by atoms with E-state index in [2.05, 4.69) is 41.8 Å². The van der Waals surface area contributed by atoms with Crippen LogP contribution in [0.4, 0.5) is 4.39 Å². The topological polar surface area (TPSA) is 59.7 Å². The highest BCUT2D eigenvalue weighted by Crippen LogP contribution is 2.35. The first-order chi connectivity index (χ1) is 15.5. The minimum Gasteiger partial charge on any atom is -0.492 e. The Kier molecular flexibility index (Phi) is 8.63. The van der Waals surface area contributed by atoms with Gasteiger partial charge in [0.05, 0.1) is 18.1 Å². The van der Waals surface area contributed by atoms with Crippen molar-refractivity contribution >= 4 is 0 Å². The van der Waals surface area contributed by atoms with Gasteiger partial charge in [-0.25, -0.2) is 4.39 Å². The second kappa shape index (κ2) is 11.4. The molecule has 0 amide bonds. The monoisotopic (exact) mass is 439 g/mol. The van der Waals surface area contributed by atoms with Gasteiger partial charge in [-0.3, -0.25) is 4.90 Å². The molecule has 1 aliphatic rings. The summed E-state index contributed by atoms with van der Waals surface area (Å²) >= 11 is 0. The highest BCUT2D eigenvalue weighted by atomic mass is 19.1. The van der Waals surface area contributed by atoms with Gasteiger partial charge in [0.15, 0.2) is 0 Å². The Morgan fingerprint density at radius 1 is 1.12 bits per heavy atom. The molecule has 0 radical (unpaired) electrons. The van der Waals surface area contributed by atoms with E-state index in [4.69, 9.17) is 4.74 Å². The molecule has 2 unspecified atom stereocenters. The molecule has 1 heterocycles. The van der Waals surface area contributed by atoms with Gasteiger partial charge in [-0.1, -0.05) is 44.2 Å². The number of hydrogen-bond donors (Lipinski definition) is 1. The SMILES string of the molecule is CC(C)C(C#N)(CCN1CCN(CCOc2ccc(F)cc2)C(CO)C1)c1ccccc1. The average molecular weight is 440 g/mol. The van der Waals surface area contributed by atoms with Gasteiger partial charge in [0, 0.05) is 38.8 Å². The van der Waals surface area contributed by atoms with E-state index < -0.39 is 5.41 Å². The fourth-order valence-electron chi connectivity index (χ4n) is 4.53. The van der Waals surface area contributed by atoms with E-state index in [1.165, 1.54) is 12.1 Å². The first-order valence-electron chi connectivity index (χ1n) is 11.4. The van der Waals surface area contributed by atoms with E-state index in [1.807, 2.05) is 18.2 Å². The average Bonchev–Trinajstić information content (AvgIpc) is 2.82. The number of hydrogen-bond acceptors (Lipinski definition) is 5. The summed E-state index contributed by atoms with van der Waals surface area (Å²) in [5, 5.41) is 20.1. The van der Waals surface area contributed by atoms with Crippen LogP contribution in [0, 0.1) is 23.1 Å². The van der Waals surface area contributed by atoms with E-state index in [0.717, 1.165) is 38.2 Å². The summed E-state index contributed by atoms with van der Waals surface area (Å²) in [6.07, 6.45) is 0.761. The summed E-state index contributed by atoms with van der Waals surface area (Å²) < 4.78 is 18.7. The molecule has 32 heavy (non-hydrogen) atoms. The molecule has 3 rings (SSSR count). The summed E-state index contributed by atoms with van der Waals surface area (Å²) in [4.78, 5) is 4.60. The van der Waals surface area contributed by atoms with E-state index in [0.29, 0.717) is 18.9 Å². The maximum Gasteiger partial charge on any atom is 0.123 e. The molecule has 2 aromatic rings. The second-order valence-electron chi connectivity index (χ2n) is 8.83. The normalized spacial score (nSPS) is 19.4. The van der Waals surface area contributed by atoms with Crippen LogP contribution >= 0.6 is 0 Å². The number of rotatable bonds is 10. The molecule has 5 nitrogen and oxygen atoms in total. The van der Waals surface area contributed by atoms with Gasteiger partial charge >= 0.3 is 0 Å². The summed E-state index contributed by atoms with van der Waals surface area (Å²) in [5.41, 5.74) is 0.559. The molecule has 0 saturated carbocycles. The van der Waals surface area contributed by atoms with Crippen LogP contribution in [0.25, 0.3) is 0 Å². The minimum atomic E-state index is -0.518. The first-order valence-corrected chi connectivity index (χ1v) is 11.4. The van der Waals surface area contributed by atoms with Gasteiger partial charge in [0.1, 0.15) is 18.2 Å². The highest BCUT2D eigenvalue weighted by Gasteiger charge is 2.37. The Morgan fingerprint density at radius 3 is 2.47 bits per heavy atom. The van der Waals surface area contributed by atoms with Gasteiger partial charge in [-0.05, 0) is 42.2 Å². The predicted octanol–water partition coefficient (Wildman–Crippen LogP) is 3.69. The van der Waals surface area contributed by atoms with Crippen LogP contribution in [-0.4, -0.2) is 66.9 Å². The lowest BCUT2D eigenvalue weighted by atomic mass is 9.70. The number of piperazine rings is 1. The van der Waals surface area contributed by atoms with Crippen molar-refractivity contribution in [1.82, 2.24) is 9.80 Å². The Bertz CT molecular complexity index is 869. The molecule has 172 valence electrons. The quantitative estimate of drug-likeness (QED) is 0.612.